The molecule has 4 rings (SSSR count). The first kappa shape index (κ1) is 11.7. The minimum absolute atomic E-state index is 0.347. The summed E-state index contributed by atoms with van der Waals surface area (Å²) in [5.74, 6) is 3.04. The number of ketones is 1. The van der Waals surface area contributed by atoms with Gasteiger partial charge in [-0.05, 0) is 55.4 Å². The Morgan fingerprint density at radius 1 is 1.00 bits per heavy atom. The molecule has 3 aliphatic rings. The molecule has 0 N–H and O–H groups in total. The summed E-state index contributed by atoms with van der Waals surface area (Å²) < 4.78 is 0. The number of Topliss-reactive ketones (excluding diaryl/α,β-unsaturated/α-hetero) is 1. The van der Waals surface area contributed by atoms with Crippen LogP contribution >= 0.6 is 0 Å². The first-order chi connectivity index (χ1) is 9.33. The van der Waals surface area contributed by atoms with Gasteiger partial charge in [-0.25, -0.2) is 0 Å². The number of fused-ring (bicyclic) bond motifs is 2. The highest BCUT2D eigenvalue weighted by atomic mass is 16.1. The molecule has 1 nitrogen and oxygen atoms in total. The fourth-order valence-corrected chi connectivity index (χ4v) is 4.56. The lowest BCUT2D eigenvalue weighted by Gasteiger charge is -2.29. The molecule has 1 aromatic rings. The van der Waals surface area contributed by atoms with Crippen LogP contribution in [0.5, 0.6) is 0 Å². The average molecular weight is 254 g/mol. The Morgan fingerprint density at radius 3 is 2.47 bits per heavy atom. The fraction of sp³-hybridized carbons (Fsp3) is 0.611. The first-order valence-electron chi connectivity index (χ1n) is 7.96. The Kier molecular flexibility index (Phi) is 2.75. The zero-order chi connectivity index (χ0) is 12.8. The number of rotatable bonds is 3. The predicted octanol–water partition coefficient (Wildman–Crippen LogP) is 4.57. The van der Waals surface area contributed by atoms with Crippen molar-refractivity contribution < 1.29 is 4.79 Å². The maximum Gasteiger partial charge on any atom is 0.166 e. The summed E-state index contributed by atoms with van der Waals surface area (Å²) in [6.07, 6.45) is 9.05. The Hall–Kier alpha value is -1.11. The maximum absolute atomic E-state index is 12.9. The van der Waals surface area contributed by atoms with E-state index in [2.05, 4.69) is 18.2 Å². The highest BCUT2D eigenvalue weighted by Crippen LogP contribution is 2.50. The second-order valence-corrected chi connectivity index (χ2v) is 6.86. The lowest BCUT2D eigenvalue weighted by molar-refractivity contribution is 0.0872. The molecule has 2 bridgehead atoms. The van der Waals surface area contributed by atoms with Crippen LogP contribution in [0, 0.1) is 17.8 Å². The number of hydrogen-bond donors (Lipinski definition) is 0. The number of carbonyl (C=O) groups is 1. The molecule has 0 aliphatic heterocycles. The molecular weight excluding hydrogens is 232 g/mol. The van der Waals surface area contributed by atoms with Gasteiger partial charge in [0.25, 0.3) is 0 Å². The van der Waals surface area contributed by atoms with Crippen molar-refractivity contribution in [2.45, 2.75) is 50.9 Å². The van der Waals surface area contributed by atoms with Crippen molar-refractivity contribution in [3.63, 3.8) is 0 Å². The molecule has 3 atom stereocenters. The molecule has 1 aromatic carbocycles. The smallest absolute Gasteiger partial charge is 0.166 e. The van der Waals surface area contributed by atoms with Crippen LogP contribution in [0.15, 0.2) is 24.3 Å². The van der Waals surface area contributed by atoms with E-state index >= 15 is 0 Å². The average Bonchev–Trinajstić information content (AvgIpc) is 2.99. The fourth-order valence-electron chi connectivity index (χ4n) is 4.56. The number of hydrogen-bond acceptors (Lipinski definition) is 1. The Bertz CT molecular complexity index is 500. The summed E-state index contributed by atoms with van der Waals surface area (Å²) in [6.45, 7) is 0. The van der Waals surface area contributed by atoms with Crippen molar-refractivity contribution in [1.29, 1.82) is 0 Å². The summed E-state index contributed by atoms with van der Waals surface area (Å²) in [5.41, 5.74) is 2.41. The summed E-state index contributed by atoms with van der Waals surface area (Å²) in [6, 6.07) is 8.43. The zero-order valence-corrected chi connectivity index (χ0v) is 11.5. The third kappa shape index (κ3) is 1.86. The van der Waals surface area contributed by atoms with Gasteiger partial charge in [0.15, 0.2) is 5.78 Å². The van der Waals surface area contributed by atoms with Crippen LogP contribution in [0.2, 0.25) is 0 Å². The lowest BCUT2D eigenvalue weighted by atomic mass is 9.75. The van der Waals surface area contributed by atoms with Crippen molar-refractivity contribution in [3.05, 3.63) is 35.4 Å². The topological polar surface area (TPSA) is 17.1 Å². The van der Waals surface area contributed by atoms with Crippen LogP contribution < -0.4 is 0 Å². The quantitative estimate of drug-likeness (QED) is 0.722. The van der Waals surface area contributed by atoms with E-state index in [1.54, 1.807) is 0 Å². The summed E-state index contributed by atoms with van der Waals surface area (Å²) >= 11 is 0. The van der Waals surface area contributed by atoms with Gasteiger partial charge < -0.3 is 0 Å². The first-order valence-corrected chi connectivity index (χ1v) is 7.96. The summed E-state index contributed by atoms with van der Waals surface area (Å²) in [4.78, 5) is 12.9. The van der Waals surface area contributed by atoms with E-state index in [0.717, 1.165) is 11.5 Å². The molecule has 3 saturated carbocycles. The minimum atomic E-state index is 0.347. The normalized spacial score (nSPS) is 33.4. The lowest BCUT2D eigenvalue weighted by Crippen LogP contribution is -2.23. The molecule has 0 aromatic heterocycles. The van der Waals surface area contributed by atoms with Crippen molar-refractivity contribution in [3.8, 4) is 0 Å². The van der Waals surface area contributed by atoms with Crippen LogP contribution in [0.25, 0.3) is 0 Å². The third-order valence-corrected chi connectivity index (χ3v) is 5.85. The van der Waals surface area contributed by atoms with E-state index < -0.39 is 0 Å². The van der Waals surface area contributed by atoms with Crippen molar-refractivity contribution in [2.24, 2.45) is 17.8 Å². The second-order valence-electron chi connectivity index (χ2n) is 6.86. The highest BCUT2D eigenvalue weighted by Gasteiger charge is 2.43. The van der Waals surface area contributed by atoms with Gasteiger partial charge >= 0.3 is 0 Å². The molecule has 0 amide bonds. The molecular formula is C18H22O. The van der Waals surface area contributed by atoms with Crippen molar-refractivity contribution in [2.75, 3.05) is 0 Å². The van der Waals surface area contributed by atoms with Crippen LogP contribution in [0.3, 0.4) is 0 Å². The van der Waals surface area contributed by atoms with Gasteiger partial charge in [-0.2, -0.15) is 0 Å². The molecule has 3 unspecified atom stereocenters. The second kappa shape index (κ2) is 4.47. The van der Waals surface area contributed by atoms with Gasteiger partial charge in [0.2, 0.25) is 0 Å². The van der Waals surface area contributed by atoms with E-state index in [0.29, 0.717) is 23.5 Å². The van der Waals surface area contributed by atoms with Gasteiger partial charge in [0, 0.05) is 11.5 Å². The van der Waals surface area contributed by atoms with Gasteiger partial charge in [0.05, 0.1) is 0 Å². The predicted molar refractivity (Wildman–Crippen MR) is 76.3 cm³/mol. The van der Waals surface area contributed by atoms with E-state index in [-0.39, 0.29) is 0 Å². The Labute approximate surface area is 115 Å². The van der Waals surface area contributed by atoms with Crippen molar-refractivity contribution >= 4 is 5.78 Å². The SMILES string of the molecule is O=C(c1ccccc1C1CCC1)C1CC2CCC1C2. The van der Waals surface area contributed by atoms with E-state index in [9.17, 15) is 4.79 Å². The molecule has 19 heavy (non-hydrogen) atoms. The molecule has 3 fully saturated rings. The maximum atomic E-state index is 12.9. The largest absolute Gasteiger partial charge is 0.294 e. The van der Waals surface area contributed by atoms with E-state index in [4.69, 9.17) is 0 Å². The standard InChI is InChI=1S/C18H22O/c19-18(17-11-12-8-9-14(17)10-12)16-7-2-1-6-15(16)13-4-3-5-13/h1-2,6-7,12-14,17H,3-5,8-11H2. The molecule has 100 valence electrons. The molecule has 0 spiro atoms. The van der Waals surface area contributed by atoms with Gasteiger partial charge in [0.1, 0.15) is 0 Å². The van der Waals surface area contributed by atoms with E-state index in [1.165, 1.54) is 50.5 Å². The summed E-state index contributed by atoms with van der Waals surface area (Å²) in [7, 11) is 0. The van der Waals surface area contributed by atoms with Crippen LogP contribution in [-0.4, -0.2) is 5.78 Å². The Morgan fingerprint density at radius 2 is 1.84 bits per heavy atom. The van der Waals surface area contributed by atoms with Gasteiger partial charge in [-0.15, -0.1) is 0 Å². The van der Waals surface area contributed by atoms with Crippen LogP contribution in [0.1, 0.15) is 66.8 Å². The molecule has 3 aliphatic carbocycles. The highest BCUT2D eigenvalue weighted by molar-refractivity contribution is 5.99. The van der Waals surface area contributed by atoms with Crippen molar-refractivity contribution in [1.82, 2.24) is 0 Å². The van der Waals surface area contributed by atoms with Gasteiger partial charge in [-0.1, -0.05) is 37.1 Å². The monoisotopic (exact) mass is 254 g/mol. The summed E-state index contributed by atoms with van der Waals surface area (Å²) in [5, 5.41) is 0. The molecule has 0 heterocycles. The van der Waals surface area contributed by atoms with Crippen LogP contribution in [0.4, 0.5) is 0 Å². The van der Waals surface area contributed by atoms with Gasteiger partial charge in [-0.3, -0.25) is 4.79 Å². The minimum Gasteiger partial charge on any atom is -0.294 e. The number of benzene rings is 1. The Balaban J connectivity index is 1.63. The molecule has 1 heteroatoms. The van der Waals surface area contributed by atoms with Crippen LogP contribution in [-0.2, 0) is 0 Å². The molecule has 0 saturated heterocycles. The van der Waals surface area contributed by atoms with E-state index in [1.807, 2.05) is 6.07 Å². The number of carbonyl (C=O) groups excluding carboxylic acids is 1. The molecule has 0 radical (unpaired) electrons. The third-order valence-electron chi connectivity index (χ3n) is 5.85. The zero-order valence-electron chi connectivity index (χ0n) is 11.5.